The van der Waals surface area contributed by atoms with Crippen LogP contribution in [0.2, 0.25) is 0 Å². The van der Waals surface area contributed by atoms with E-state index in [2.05, 4.69) is 10.2 Å². The van der Waals surface area contributed by atoms with Gasteiger partial charge in [-0.25, -0.2) is 5.10 Å². The Morgan fingerprint density at radius 2 is 2.05 bits per heavy atom. The van der Waals surface area contributed by atoms with Crippen LogP contribution in [-0.4, -0.2) is 53.6 Å². The van der Waals surface area contributed by atoms with E-state index in [0.29, 0.717) is 23.2 Å². The van der Waals surface area contributed by atoms with E-state index in [1.54, 1.807) is 18.2 Å². The number of aliphatic hydroxyl groups is 1. The average Bonchev–Trinajstić information content (AvgIpc) is 2.37. The van der Waals surface area contributed by atoms with Gasteiger partial charge in [-0.05, 0) is 26.2 Å². The van der Waals surface area contributed by atoms with Gasteiger partial charge in [0.05, 0.1) is 10.8 Å². The van der Waals surface area contributed by atoms with Gasteiger partial charge in [0.1, 0.15) is 12.7 Å². The molecule has 2 rings (SSSR count). The minimum absolute atomic E-state index is 0.126. The molecule has 0 saturated heterocycles. The van der Waals surface area contributed by atoms with E-state index >= 15 is 0 Å². The lowest BCUT2D eigenvalue weighted by molar-refractivity contribution is 0.0814. The Morgan fingerprint density at radius 1 is 1.37 bits per heavy atom. The fourth-order valence-corrected chi connectivity index (χ4v) is 1.85. The van der Waals surface area contributed by atoms with Crippen molar-refractivity contribution in [2.24, 2.45) is 0 Å². The zero-order valence-electron chi connectivity index (χ0n) is 11.0. The van der Waals surface area contributed by atoms with Gasteiger partial charge in [-0.1, -0.05) is 12.1 Å². The van der Waals surface area contributed by atoms with E-state index in [4.69, 9.17) is 4.74 Å². The maximum absolute atomic E-state index is 11.6. The van der Waals surface area contributed by atoms with Crippen LogP contribution in [0.15, 0.2) is 29.1 Å². The highest BCUT2D eigenvalue weighted by atomic mass is 16.5. The number of rotatable bonds is 5. The van der Waals surface area contributed by atoms with Crippen molar-refractivity contribution in [1.29, 1.82) is 0 Å². The van der Waals surface area contributed by atoms with Gasteiger partial charge < -0.3 is 14.7 Å². The number of aromatic nitrogens is 2. The predicted octanol–water partition coefficient (Wildman–Crippen LogP) is 0.224. The fourth-order valence-electron chi connectivity index (χ4n) is 1.85. The molecule has 1 aromatic heterocycles. The summed E-state index contributed by atoms with van der Waals surface area (Å²) in [7, 11) is 3.74. The number of benzene rings is 1. The lowest BCUT2D eigenvalue weighted by atomic mass is 10.2. The van der Waals surface area contributed by atoms with E-state index in [1.807, 2.05) is 25.1 Å². The van der Waals surface area contributed by atoms with Gasteiger partial charge in [0.15, 0.2) is 0 Å². The topological polar surface area (TPSA) is 78.5 Å². The second-order valence-electron chi connectivity index (χ2n) is 4.63. The maximum Gasteiger partial charge on any atom is 0.272 e. The standard InChI is InChI=1S/C13H17N3O3/c1-16(2)7-9(17)8-19-13-11-6-4-3-5-10(11)12(18)14-15-13/h3-6,9,17H,7-8H2,1-2H3,(H,14,18). The van der Waals surface area contributed by atoms with E-state index in [1.165, 1.54) is 0 Å². The van der Waals surface area contributed by atoms with Crippen molar-refractivity contribution in [1.82, 2.24) is 15.1 Å². The molecule has 1 heterocycles. The van der Waals surface area contributed by atoms with E-state index in [9.17, 15) is 9.90 Å². The monoisotopic (exact) mass is 263 g/mol. The third kappa shape index (κ3) is 3.30. The summed E-state index contributed by atoms with van der Waals surface area (Å²) in [5, 5.41) is 17.2. The average molecular weight is 263 g/mol. The van der Waals surface area contributed by atoms with Crippen molar-refractivity contribution >= 4 is 10.8 Å². The summed E-state index contributed by atoms with van der Waals surface area (Å²) < 4.78 is 5.48. The quantitative estimate of drug-likeness (QED) is 0.807. The van der Waals surface area contributed by atoms with Crippen molar-refractivity contribution in [3.8, 4) is 5.88 Å². The molecule has 0 aliphatic rings. The van der Waals surface area contributed by atoms with Crippen LogP contribution in [0.25, 0.3) is 10.8 Å². The molecule has 0 aliphatic heterocycles. The molecule has 0 amide bonds. The first-order valence-electron chi connectivity index (χ1n) is 6.01. The first kappa shape index (κ1) is 13.5. The highest BCUT2D eigenvalue weighted by Gasteiger charge is 2.10. The minimum atomic E-state index is -0.609. The number of hydrogen-bond donors (Lipinski definition) is 2. The summed E-state index contributed by atoms with van der Waals surface area (Å²) in [6, 6.07) is 7.07. The van der Waals surface area contributed by atoms with Crippen LogP contribution in [0.3, 0.4) is 0 Å². The van der Waals surface area contributed by atoms with Crippen LogP contribution >= 0.6 is 0 Å². The molecule has 0 radical (unpaired) electrons. The van der Waals surface area contributed by atoms with Crippen molar-refractivity contribution in [2.45, 2.75) is 6.10 Å². The molecule has 1 unspecified atom stereocenters. The lowest BCUT2D eigenvalue weighted by Gasteiger charge is -2.16. The van der Waals surface area contributed by atoms with E-state index < -0.39 is 6.10 Å². The first-order chi connectivity index (χ1) is 9.08. The first-order valence-corrected chi connectivity index (χ1v) is 6.01. The number of aliphatic hydroxyl groups excluding tert-OH is 1. The number of nitrogens with zero attached hydrogens (tertiary/aromatic N) is 2. The molecule has 6 nitrogen and oxygen atoms in total. The minimum Gasteiger partial charge on any atom is -0.473 e. The van der Waals surface area contributed by atoms with Crippen molar-refractivity contribution in [2.75, 3.05) is 27.2 Å². The van der Waals surface area contributed by atoms with Crippen molar-refractivity contribution < 1.29 is 9.84 Å². The normalized spacial score (nSPS) is 12.8. The molecule has 0 spiro atoms. The van der Waals surface area contributed by atoms with Gasteiger partial charge in [-0.15, -0.1) is 5.10 Å². The maximum atomic E-state index is 11.6. The molecule has 0 saturated carbocycles. The molecule has 2 N–H and O–H groups in total. The molecule has 1 atom stereocenters. The number of aromatic amines is 1. The number of ether oxygens (including phenoxy) is 1. The molecular formula is C13H17N3O3. The number of fused-ring (bicyclic) bond motifs is 1. The van der Waals surface area contributed by atoms with Gasteiger partial charge in [0, 0.05) is 6.54 Å². The number of likely N-dealkylation sites (N-methyl/N-ethyl adjacent to an activating group) is 1. The van der Waals surface area contributed by atoms with Crippen molar-refractivity contribution in [3.63, 3.8) is 0 Å². The zero-order valence-corrected chi connectivity index (χ0v) is 11.0. The molecule has 6 heteroatoms. The molecule has 0 bridgehead atoms. The van der Waals surface area contributed by atoms with Crippen LogP contribution in [0.4, 0.5) is 0 Å². The molecule has 1 aromatic carbocycles. The van der Waals surface area contributed by atoms with Gasteiger partial charge in [-0.2, -0.15) is 0 Å². The van der Waals surface area contributed by atoms with E-state index in [0.717, 1.165) is 0 Å². The Labute approximate surface area is 110 Å². The Bertz CT molecular complexity index is 609. The third-order valence-corrected chi connectivity index (χ3v) is 2.65. The van der Waals surface area contributed by atoms with Crippen LogP contribution in [0, 0.1) is 0 Å². The third-order valence-electron chi connectivity index (χ3n) is 2.65. The number of H-pyrrole nitrogens is 1. The van der Waals surface area contributed by atoms with Crippen molar-refractivity contribution in [3.05, 3.63) is 34.6 Å². The summed E-state index contributed by atoms with van der Waals surface area (Å²) in [6.45, 7) is 0.627. The van der Waals surface area contributed by atoms with Gasteiger partial charge >= 0.3 is 0 Å². The summed E-state index contributed by atoms with van der Waals surface area (Å²) in [6.07, 6.45) is -0.609. The van der Waals surface area contributed by atoms with Crippen LogP contribution in [-0.2, 0) is 0 Å². The number of nitrogens with one attached hydrogen (secondary N) is 1. The highest BCUT2D eigenvalue weighted by Crippen LogP contribution is 2.18. The molecular weight excluding hydrogens is 246 g/mol. The Kier molecular flexibility index (Phi) is 4.13. The smallest absolute Gasteiger partial charge is 0.272 e. The van der Waals surface area contributed by atoms with Gasteiger partial charge in [0.2, 0.25) is 5.88 Å². The largest absolute Gasteiger partial charge is 0.473 e. The Hall–Kier alpha value is -1.92. The Balaban J connectivity index is 2.17. The summed E-state index contributed by atoms with van der Waals surface area (Å²) >= 11 is 0. The van der Waals surface area contributed by atoms with Crippen LogP contribution in [0.1, 0.15) is 0 Å². The lowest BCUT2D eigenvalue weighted by Crippen LogP contribution is -2.31. The Morgan fingerprint density at radius 3 is 2.74 bits per heavy atom. The fraction of sp³-hybridized carbons (Fsp3) is 0.385. The SMILES string of the molecule is CN(C)CC(O)COc1n[nH]c(=O)c2ccccc12. The molecule has 0 fully saturated rings. The highest BCUT2D eigenvalue weighted by molar-refractivity contribution is 5.85. The number of hydrogen-bond acceptors (Lipinski definition) is 5. The predicted molar refractivity (Wildman–Crippen MR) is 72.4 cm³/mol. The summed E-state index contributed by atoms with van der Waals surface area (Å²) in [4.78, 5) is 13.5. The van der Waals surface area contributed by atoms with Crippen LogP contribution in [0.5, 0.6) is 5.88 Å². The second kappa shape index (κ2) is 5.81. The zero-order chi connectivity index (χ0) is 13.8. The summed E-state index contributed by atoms with van der Waals surface area (Å²) in [5.41, 5.74) is -0.253. The molecule has 19 heavy (non-hydrogen) atoms. The second-order valence-corrected chi connectivity index (χ2v) is 4.63. The molecule has 2 aromatic rings. The van der Waals surface area contributed by atoms with Crippen LogP contribution < -0.4 is 10.3 Å². The van der Waals surface area contributed by atoms with Gasteiger partial charge in [0.25, 0.3) is 5.56 Å². The molecule has 0 aliphatic carbocycles. The van der Waals surface area contributed by atoms with E-state index in [-0.39, 0.29) is 12.2 Å². The van der Waals surface area contributed by atoms with Gasteiger partial charge in [-0.3, -0.25) is 4.79 Å². The summed E-state index contributed by atoms with van der Waals surface area (Å²) in [5.74, 6) is 0.327. The molecule has 102 valence electrons.